The van der Waals surface area contributed by atoms with E-state index in [1.54, 1.807) is 42.5 Å². The first-order valence-corrected chi connectivity index (χ1v) is 6.45. The molecule has 0 aromatic heterocycles. The van der Waals surface area contributed by atoms with E-state index in [1.807, 2.05) is 0 Å². The highest BCUT2D eigenvalue weighted by molar-refractivity contribution is 5.88. The minimum atomic E-state index is -0.523. The van der Waals surface area contributed by atoms with Gasteiger partial charge in [-0.05, 0) is 41.5 Å². The number of rotatable bonds is 5. The zero-order valence-electron chi connectivity index (χ0n) is 11.6. The molecular formula is C17H13NO4. The summed E-state index contributed by atoms with van der Waals surface area (Å²) in [5.41, 5.74) is 1.60. The average molecular weight is 295 g/mol. The van der Waals surface area contributed by atoms with Crippen molar-refractivity contribution in [1.82, 2.24) is 0 Å². The van der Waals surface area contributed by atoms with Crippen molar-refractivity contribution in [3.8, 4) is 5.75 Å². The second-order valence-corrected chi connectivity index (χ2v) is 4.38. The van der Waals surface area contributed by atoms with Crippen LogP contribution in [-0.2, 0) is 4.79 Å². The van der Waals surface area contributed by atoms with E-state index in [2.05, 4.69) is 6.58 Å². The molecule has 0 saturated heterocycles. The zero-order valence-corrected chi connectivity index (χ0v) is 11.6. The van der Waals surface area contributed by atoms with Gasteiger partial charge in [-0.2, -0.15) is 0 Å². The van der Waals surface area contributed by atoms with Crippen LogP contribution >= 0.6 is 0 Å². The van der Waals surface area contributed by atoms with E-state index in [-0.39, 0.29) is 5.69 Å². The highest BCUT2D eigenvalue weighted by Crippen LogP contribution is 2.15. The van der Waals surface area contributed by atoms with Crippen molar-refractivity contribution in [3.05, 3.63) is 82.4 Å². The Balaban J connectivity index is 1.98. The van der Waals surface area contributed by atoms with Crippen LogP contribution in [0.3, 0.4) is 0 Å². The number of nitro benzene ring substituents is 1. The molecular weight excluding hydrogens is 282 g/mol. The Morgan fingerprint density at radius 1 is 1.05 bits per heavy atom. The second kappa shape index (κ2) is 6.99. The molecule has 0 heterocycles. The number of hydrogen-bond donors (Lipinski definition) is 0. The third-order valence-electron chi connectivity index (χ3n) is 2.85. The van der Waals surface area contributed by atoms with Crippen LogP contribution in [-0.4, -0.2) is 10.9 Å². The first-order valence-electron chi connectivity index (χ1n) is 6.45. The van der Waals surface area contributed by atoms with Gasteiger partial charge in [-0.1, -0.05) is 24.8 Å². The zero-order chi connectivity index (χ0) is 15.9. The number of ether oxygens (including phenoxy) is 1. The Morgan fingerprint density at radius 3 is 2.18 bits per heavy atom. The molecule has 0 fully saturated rings. The van der Waals surface area contributed by atoms with Gasteiger partial charge in [-0.25, -0.2) is 4.79 Å². The van der Waals surface area contributed by atoms with Crippen molar-refractivity contribution in [2.75, 3.05) is 0 Å². The maximum atomic E-state index is 11.7. The quantitative estimate of drug-likeness (QED) is 0.276. The van der Waals surface area contributed by atoms with Crippen molar-refractivity contribution < 1.29 is 14.5 Å². The topological polar surface area (TPSA) is 69.4 Å². The molecule has 0 aliphatic rings. The van der Waals surface area contributed by atoms with Gasteiger partial charge < -0.3 is 4.74 Å². The minimum Gasteiger partial charge on any atom is -0.423 e. The van der Waals surface area contributed by atoms with Gasteiger partial charge in [0.25, 0.3) is 5.69 Å². The molecule has 2 aromatic carbocycles. The first kappa shape index (κ1) is 15.2. The van der Waals surface area contributed by atoms with E-state index in [9.17, 15) is 14.9 Å². The van der Waals surface area contributed by atoms with Gasteiger partial charge in [0.15, 0.2) is 0 Å². The number of esters is 1. The summed E-state index contributed by atoms with van der Waals surface area (Å²) in [5.74, 6) is -0.0892. The Labute approximate surface area is 127 Å². The largest absolute Gasteiger partial charge is 0.423 e. The standard InChI is InChI=1S/C17H13NO4/c1-2-13-5-10-16(11-6-13)22-17(19)12-7-14-3-8-15(9-4-14)18(20)21/h2-12H,1H2/b12-7+. The molecule has 0 amide bonds. The van der Waals surface area contributed by atoms with Crippen molar-refractivity contribution >= 4 is 23.8 Å². The van der Waals surface area contributed by atoms with Crippen molar-refractivity contribution in [3.63, 3.8) is 0 Å². The van der Waals surface area contributed by atoms with Gasteiger partial charge in [0, 0.05) is 18.2 Å². The Morgan fingerprint density at radius 2 is 1.64 bits per heavy atom. The Hall–Kier alpha value is -3.21. The smallest absolute Gasteiger partial charge is 0.336 e. The number of nitro groups is 1. The number of benzene rings is 2. The number of hydrogen-bond acceptors (Lipinski definition) is 4. The van der Waals surface area contributed by atoms with E-state index in [0.717, 1.165) is 5.56 Å². The fourth-order valence-electron chi connectivity index (χ4n) is 1.69. The molecule has 0 radical (unpaired) electrons. The lowest BCUT2D eigenvalue weighted by Crippen LogP contribution is -2.03. The molecule has 2 aromatic rings. The van der Waals surface area contributed by atoms with E-state index in [1.165, 1.54) is 24.3 Å². The first-order chi connectivity index (χ1) is 10.6. The Kier molecular flexibility index (Phi) is 4.82. The summed E-state index contributed by atoms with van der Waals surface area (Å²) >= 11 is 0. The Bertz CT molecular complexity index is 715. The van der Waals surface area contributed by atoms with E-state index >= 15 is 0 Å². The van der Waals surface area contributed by atoms with E-state index in [0.29, 0.717) is 11.3 Å². The summed E-state index contributed by atoms with van der Waals surface area (Å²) in [6, 6.07) is 12.8. The van der Waals surface area contributed by atoms with Gasteiger partial charge in [0.05, 0.1) is 4.92 Å². The molecule has 110 valence electrons. The van der Waals surface area contributed by atoms with Gasteiger partial charge in [-0.3, -0.25) is 10.1 Å². The van der Waals surface area contributed by atoms with Gasteiger partial charge in [0.2, 0.25) is 0 Å². The summed E-state index contributed by atoms with van der Waals surface area (Å²) in [4.78, 5) is 21.7. The van der Waals surface area contributed by atoms with Crippen LogP contribution in [0.1, 0.15) is 11.1 Å². The molecule has 5 heteroatoms. The van der Waals surface area contributed by atoms with Crippen LogP contribution < -0.4 is 4.74 Å². The van der Waals surface area contributed by atoms with Gasteiger partial charge in [-0.15, -0.1) is 0 Å². The molecule has 0 spiro atoms. The van der Waals surface area contributed by atoms with Crippen LogP contribution in [0.15, 0.2) is 61.2 Å². The highest BCUT2D eigenvalue weighted by atomic mass is 16.6. The lowest BCUT2D eigenvalue weighted by Gasteiger charge is -2.01. The molecule has 0 unspecified atom stereocenters. The fourth-order valence-corrected chi connectivity index (χ4v) is 1.69. The summed E-state index contributed by atoms with van der Waals surface area (Å²) < 4.78 is 5.13. The predicted molar refractivity (Wildman–Crippen MR) is 84.3 cm³/mol. The van der Waals surface area contributed by atoms with Crippen molar-refractivity contribution in [2.24, 2.45) is 0 Å². The number of carbonyl (C=O) groups is 1. The lowest BCUT2D eigenvalue weighted by molar-refractivity contribution is -0.384. The van der Waals surface area contributed by atoms with Crippen molar-refractivity contribution in [1.29, 1.82) is 0 Å². The number of nitrogens with zero attached hydrogens (tertiary/aromatic N) is 1. The molecule has 0 N–H and O–H groups in total. The number of non-ortho nitro benzene ring substituents is 1. The van der Waals surface area contributed by atoms with Crippen LogP contribution in [0.2, 0.25) is 0 Å². The fraction of sp³-hybridized carbons (Fsp3) is 0. The molecule has 5 nitrogen and oxygen atoms in total. The highest BCUT2D eigenvalue weighted by Gasteiger charge is 2.03. The van der Waals surface area contributed by atoms with E-state index < -0.39 is 10.9 Å². The molecule has 0 bridgehead atoms. The molecule has 22 heavy (non-hydrogen) atoms. The summed E-state index contributed by atoms with van der Waals surface area (Å²) in [6.07, 6.45) is 4.49. The molecule has 0 saturated carbocycles. The maximum Gasteiger partial charge on any atom is 0.336 e. The SMILES string of the molecule is C=Cc1ccc(OC(=O)/C=C/c2ccc([N+](=O)[O-])cc2)cc1. The summed E-state index contributed by atoms with van der Waals surface area (Å²) in [6.45, 7) is 3.64. The number of carbonyl (C=O) groups excluding carboxylic acids is 1. The summed E-state index contributed by atoms with van der Waals surface area (Å²) in [7, 11) is 0. The third-order valence-corrected chi connectivity index (χ3v) is 2.85. The van der Waals surface area contributed by atoms with Gasteiger partial charge in [0.1, 0.15) is 5.75 Å². The van der Waals surface area contributed by atoms with Crippen LogP contribution in [0.5, 0.6) is 5.75 Å². The van der Waals surface area contributed by atoms with E-state index in [4.69, 9.17) is 4.74 Å². The lowest BCUT2D eigenvalue weighted by atomic mass is 10.2. The predicted octanol–water partition coefficient (Wildman–Crippen LogP) is 3.86. The maximum absolute atomic E-state index is 11.7. The normalized spacial score (nSPS) is 10.4. The van der Waals surface area contributed by atoms with Crippen LogP contribution in [0.25, 0.3) is 12.2 Å². The van der Waals surface area contributed by atoms with Crippen LogP contribution in [0.4, 0.5) is 5.69 Å². The van der Waals surface area contributed by atoms with Gasteiger partial charge >= 0.3 is 5.97 Å². The molecule has 2 rings (SSSR count). The molecule has 0 aliphatic heterocycles. The summed E-state index contributed by atoms with van der Waals surface area (Å²) in [5, 5.41) is 10.5. The van der Waals surface area contributed by atoms with Crippen LogP contribution in [0, 0.1) is 10.1 Å². The molecule has 0 atom stereocenters. The third kappa shape index (κ3) is 4.14. The van der Waals surface area contributed by atoms with Crippen molar-refractivity contribution in [2.45, 2.75) is 0 Å². The molecule has 0 aliphatic carbocycles. The second-order valence-electron chi connectivity index (χ2n) is 4.38. The monoisotopic (exact) mass is 295 g/mol. The average Bonchev–Trinajstić information content (AvgIpc) is 2.54. The minimum absolute atomic E-state index is 0.00188.